The van der Waals surface area contributed by atoms with E-state index < -0.39 is 0 Å². The molecule has 1 atom stereocenters. The van der Waals surface area contributed by atoms with E-state index in [1.807, 2.05) is 4.90 Å². The number of hydrogen-bond acceptors (Lipinski definition) is 4. The Hall–Kier alpha value is -2.19. The highest BCUT2D eigenvalue weighted by molar-refractivity contribution is 5.89. The van der Waals surface area contributed by atoms with Crippen molar-refractivity contribution in [2.45, 2.75) is 39.3 Å². The van der Waals surface area contributed by atoms with Gasteiger partial charge in [-0.2, -0.15) is 0 Å². The minimum atomic E-state index is -0.295. The Labute approximate surface area is 172 Å². The molecule has 2 fully saturated rings. The first-order chi connectivity index (χ1) is 13.6. The van der Waals surface area contributed by atoms with Gasteiger partial charge < -0.3 is 20.4 Å². The summed E-state index contributed by atoms with van der Waals surface area (Å²) in [6.07, 6.45) is 0. The molecule has 2 aliphatic heterocycles. The van der Waals surface area contributed by atoms with Crippen LogP contribution in [0.4, 0.5) is 14.9 Å². The van der Waals surface area contributed by atoms with E-state index in [1.54, 1.807) is 24.0 Å². The van der Waals surface area contributed by atoms with E-state index in [1.165, 1.54) is 6.07 Å². The van der Waals surface area contributed by atoms with Gasteiger partial charge in [-0.3, -0.25) is 9.69 Å². The number of rotatable bonds is 2. The quantitative estimate of drug-likeness (QED) is 0.789. The Kier molecular flexibility index (Phi) is 6.43. The van der Waals surface area contributed by atoms with Gasteiger partial charge in [-0.05, 0) is 51.5 Å². The van der Waals surface area contributed by atoms with E-state index in [9.17, 15) is 14.0 Å². The van der Waals surface area contributed by atoms with Crippen molar-refractivity contribution >= 4 is 17.6 Å². The molecule has 0 aliphatic carbocycles. The largest absolute Gasteiger partial charge is 0.338 e. The van der Waals surface area contributed by atoms with Crippen molar-refractivity contribution in [3.63, 3.8) is 0 Å². The minimum Gasteiger partial charge on any atom is -0.338 e. The highest BCUT2D eigenvalue weighted by Crippen LogP contribution is 2.17. The number of urea groups is 1. The van der Waals surface area contributed by atoms with Crippen LogP contribution in [-0.4, -0.2) is 84.0 Å². The molecule has 2 heterocycles. The van der Waals surface area contributed by atoms with Crippen LogP contribution >= 0.6 is 0 Å². The summed E-state index contributed by atoms with van der Waals surface area (Å²) in [5.41, 5.74) is 1.10. The van der Waals surface area contributed by atoms with Crippen molar-refractivity contribution in [2.24, 2.45) is 0 Å². The third-order valence-corrected chi connectivity index (χ3v) is 5.71. The second-order valence-corrected chi connectivity index (χ2v) is 8.83. The van der Waals surface area contributed by atoms with Gasteiger partial charge in [0.15, 0.2) is 0 Å². The zero-order valence-electron chi connectivity index (χ0n) is 17.8. The number of amides is 3. The molecule has 0 bridgehead atoms. The number of piperazine rings is 2. The lowest BCUT2D eigenvalue weighted by atomic mass is 10.0. The second-order valence-electron chi connectivity index (χ2n) is 8.83. The molecule has 1 aromatic carbocycles. The molecule has 0 spiro atoms. The van der Waals surface area contributed by atoms with E-state index in [0.29, 0.717) is 44.0 Å². The maximum absolute atomic E-state index is 13.4. The van der Waals surface area contributed by atoms with Crippen molar-refractivity contribution in [2.75, 3.05) is 51.1 Å². The van der Waals surface area contributed by atoms with Gasteiger partial charge in [0.2, 0.25) is 5.91 Å². The Morgan fingerprint density at radius 2 is 1.76 bits per heavy atom. The maximum Gasteiger partial charge on any atom is 0.321 e. The first-order valence-corrected chi connectivity index (χ1v) is 10.2. The lowest BCUT2D eigenvalue weighted by molar-refractivity contribution is -0.136. The standard InChI is InChI=1S/C21H32FN5O2/c1-15-13-16(5-6-17(15)22)24-20(29)26-11-9-25(10-12-26)19(28)18-14-27(8-7-23-18)21(2,3)4/h5-6,13,18,23H,7-12,14H2,1-4H3,(H,24,29)/t18-/m1/s1. The van der Waals surface area contributed by atoms with E-state index >= 15 is 0 Å². The average Bonchev–Trinajstić information content (AvgIpc) is 2.70. The molecule has 2 N–H and O–H groups in total. The Morgan fingerprint density at radius 3 is 2.38 bits per heavy atom. The van der Waals surface area contributed by atoms with Crippen LogP contribution in [0.15, 0.2) is 18.2 Å². The highest BCUT2D eigenvalue weighted by Gasteiger charge is 2.34. The molecule has 2 saturated heterocycles. The smallest absolute Gasteiger partial charge is 0.321 e. The minimum absolute atomic E-state index is 0.0378. The van der Waals surface area contributed by atoms with Crippen molar-refractivity contribution in [1.82, 2.24) is 20.0 Å². The molecule has 0 unspecified atom stereocenters. The van der Waals surface area contributed by atoms with Gasteiger partial charge in [-0.15, -0.1) is 0 Å². The maximum atomic E-state index is 13.4. The Morgan fingerprint density at radius 1 is 1.10 bits per heavy atom. The van der Waals surface area contributed by atoms with Crippen LogP contribution in [0, 0.1) is 12.7 Å². The molecule has 0 radical (unpaired) electrons. The molecular formula is C21H32FN5O2. The van der Waals surface area contributed by atoms with Crippen molar-refractivity contribution < 1.29 is 14.0 Å². The van der Waals surface area contributed by atoms with Gasteiger partial charge in [-0.25, -0.2) is 9.18 Å². The van der Waals surface area contributed by atoms with E-state index in [2.05, 4.69) is 36.3 Å². The number of aryl methyl sites for hydroxylation is 1. The van der Waals surface area contributed by atoms with E-state index in [0.717, 1.165) is 13.1 Å². The number of carbonyl (C=O) groups excluding carboxylic acids is 2. The molecular weight excluding hydrogens is 373 g/mol. The average molecular weight is 406 g/mol. The summed E-state index contributed by atoms with van der Waals surface area (Å²) < 4.78 is 13.4. The van der Waals surface area contributed by atoms with Crippen molar-refractivity contribution in [3.8, 4) is 0 Å². The fraction of sp³-hybridized carbons (Fsp3) is 0.619. The van der Waals surface area contributed by atoms with E-state index in [4.69, 9.17) is 0 Å². The molecule has 3 amide bonds. The second kappa shape index (κ2) is 8.67. The summed E-state index contributed by atoms with van der Waals surface area (Å²) in [5, 5.41) is 6.15. The third-order valence-electron chi connectivity index (χ3n) is 5.71. The molecule has 7 nitrogen and oxygen atoms in total. The molecule has 0 aromatic heterocycles. The van der Waals surface area contributed by atoms with Gasteiger partial charge >= 0.3 is 6.03 Å². The molecule has 160 valence electrons. The summed E-state index contributed by atoms with van der Waals surface area (Å²) in [4.78, 5) is 31.3. The first kappa shape index (κ1) is 21.5. The highest BCUT2D eigenvalue weighted by atomic mass is 19.1. The van der Waals surface area contributed by atoms with Gasteiger partial charge in [-0.1, -0.05) is 0 Å². The van der Waals surface area contributed by atoms with Crippen LogP contribution in [0.2, 0.25) is 0 Å². The molecule has 29 heavy (non-hydrogen) atoms. The Balaban J connectivity index is 1.51. The molecule has 8 heteroatoms. The number of nitrogens with one attached hydrogen (secondary N) is 2. The topological polar surface area (TPSA) is 67.9 Å². The fourth-order valence-electron chi connectivity index (χ4n) is 3.80. The summed E-state index contributed by atoms with van der Waals surface area (Å²) in [5.74, 6) is -0.190. The SMILES string of the molecule is Cc1cc(NC(=O)N2CCN(C(=O)[C@H]3CN(C(C)(C)C)CCN3)CC2)ccc1F. The third kappa shape index (κ3) is 5.25. The number of halogens is 1. The monoisotopic (exact) mass is 405 g/mol. The Bertz CT molecular complexity index is 756. The summed E-state index contributed by atoms with van der Waals surface area (Å²) in [6.45, 7) is 12.6. The van der Waals surface area contributed by atoms with E-state index in [-0.39, 0.29) is 29.3 Å². The lowest BCUT2D eigenvalue weighted by Gasteiger charge is -2.43. The fourth-order valence-corrected chi connectivity index (χ4v) is 3.80. The number of benzene rings is 1. The normalized spacial score (nSPS) is 21.2. The van der Waals surface area contributed by atoms with Crippen LogP contribution in [0.3, 0.4) is 0 Å². The van der Waals surface area contributed by atoms with Gasteiger partial charge in [0, 0.05) is 57.0 Å². The number of anilines is 1. The molecule has 0 saturated carbocycles. The summed E-state index contributed by atoms with van der Waals surface area (Å²) >= 11 is 0. The summed E-state index contributed by atoms with van der Waals surface area (Å²) in [6, 6.07) is 4.08. The first-order valence-electron chi connectivity index (χ1n) is 10.2. The van der Waals surface area contributed by atoms with Gasteiger partial charge in [0.05, 0.1) is 6.04 Å². The van der Waals surface area contributed by atoms with Crippen LogP contribution < -0.4 is 10.6 Å². The van der Waals surface area contributed by atoms with Crippen molar-refractivity contribution in [3.05, 3.63) is 29.6 Å². The number of nitrogens with zero attached hydrogens (tertiary/aromatic N) is 3. The number of hydrogen-bond donors (Lipinski definition) is 2. The van der Waals surface area contributed by atoms with Crippen molar-refractivity contribution in [1.29, 1.82) is 0 Å². The van der Waals surface area contributed by atoms with Crippen LogP contribution in [0.1, 0.15) is 26.3 Å². The van der Waals surface area contributed by atoms with Crippen LogP contribution in [0.25, 0.3) is 0 Å². The lowest BCUT2D eigenvalue weighted by Crippen LogP contribution is -2.63. The van der Waals surface area contributed by atoms with Crippen LogP contribution in [-0.2, 0) is 4.79 Å². The molecule has 3 rings (SSSR count). The zero-order chi connectivity index (χ0) is 21.2. The molecule has 1 aromatic rings. The molecule has 2 aliphatic rings. The summed E-state index contributed by atoms with van der Waals surface area (Å²) in [7, 11) is 0. The zero-order valence-corrected chi connectivity index (χ0v) is 17.8. The van der Waals surface area contributed by atoms with Crippen LogP contribution in [0.5, 0.6) is 0 Å². The predicted octanol–water partition coefficient (Wildman–Crippen LogP) is 1.88. The van der Waals surface area contributed by atoms with Gasteiger partial charge in [0.1, 0.15) is 5.82 Å². The number of carbonyl (C=O) groups is 2. The predicted molar refractivity (Wildman–Crippen MR) is 111 cm³/mol. The van der Waals surface area contributed by atoms with Gasteiger partial charge in [0.25, 0.3) is 0 Å².